The minimum absolute atomic E-state index is 0.652. The molecule has 0 radical (unpaired) electrons. The summed E-state index contributed by atoms with van der Waals surface area (Å²) in [6, 6.07) is 10.7. The molecule has 0 aliphatic rings. The summed E-state index contributed by atoms with van der Waals surface area (Å²) < 4.78 is 0. The van der Waals surface area contributed by atoms with Crippen LogP contribution in [0.3, 0.4) is 0 Å². The summed E-state index contributed by atoms with van der Waals surface area (Å²) in [7, 11) is 0. The van der Waals surface area contributed by atoms with Crippen molar-refractivity contribution in [1.29, 1.82) is 0 Å². The van der Waals surface area contributed by atoms with Crippen LogP contribution in [-0.4, -0.2) is 4.98 Å². The van der Waals surface area contributed by atoms with Gasteiger partial charge < -0.3 is 0 Å². The van der Waals surface area contributed by atoms with Crippen molar-refractivity contribution >= 4 is 10.9 Å². The molecule has 0 aliphatic heterocycles. The fourth-order valence-electron chi connectivity index (χ4n) is 2.00. The van der Waals surface area contributed by atoms with Crippen LogP contribution in [0.4, 0.5) is 0 Å². The van der Waals surface area contributed by atoms with Crippen molar-refractivity contribution in [1.82, 2.24) is 4.98 Å². The number of rotatable bonds is 3. The number of benzene rings is 1. The SMILES string of the molecule is CCCC(C)c1ccc2ncccc2c1. The first-order chi connectivity index (χ1) is 7.31. The summed E-state index contributed by atoms with van der Waals surface area (Å²) >= 11 is 0. The van der Waals surface area contributed by atoms with E-state index in [-0.39, 0.29) is 0 Å². The second-order valence-corrected chi connectivity index (χ2v) is 4.15. The van der Waals surface area contributed by atoms with Gasteiger partial charge in [-0.05, 0) is 36.1 Å². The summed E-state index contributed by atoms with van der Waals surface area (Å²) in [6.45, 7) is 4.53. The van der Waals surface area contributed by atoms with E-state index in [0.717, 1.165) is 5.52 Å². The lowest BCUT2D eigenvalue weighted by Crippen LogP contribution is -1.92. The molecule has 78 valence electrons. The smallest absolute Gasteiger partial charge is 0.0702 e. The molecule has 0 bridgehead atoms. The van der Waals surface area contributed by atoms with Gasteiger partial charge in [-0.2, -0.15) is 0 Å². The van der Waals surface area contributed by atoms with Crippen LogP contribution in [0, 0.1) is 0 Å². The quantitative estimate of drug-likeness (QED) is 0.724. The Bertz CT molecular complexity index is 448. The van der Waals surface area contributed by atoms with Gasteiger partial charge in [-0.25, -0.2) is 0 Å². The summed E-state index contributed by atoms with van der Waals surface area (Å²) in [5.74, 6) is 0.652. The third-order valence-corrected chi connectivity index (χ3v) is 2.92. The Kier molecular flexibility index (Phi) is 3.00. The van der Waals surface area contributed by atoms with Crippen LogP contribution in [0.15, 0.2) is 36.5 Å². The van der Waals surface area contributed by atoms with Gasteiger partial charge >= 0.3 is 0 Å². The number of hydrogen-bond acceptors (Lipinski definition) is 1. The van der Waals surface area contributed by atoms with Crippen LogP contribution < -0.4 is 0 Å². The van der Waals surface area contributed by atoms with Gasteiger partial charge in [0.2, 0.25) is 0 Å². The number of fused-ring (bicyclic) bond motifs is 1. The van der Waals surface area contributed by atoms with Gasteiger partial charge in [-0.3, -0.25) is 4.98 Å². The van der Waals surface area contributed by atoms with Crippen molar-refractivity contribution in [2.75, 3.05) is 0 Å². The van der Waals surface area contributed by atoms with Crippen LogP contribution in [0.1, 0.15) is 38.2 Å². The van der Waals surface area contributed by atoms with Crippen LogP contribution in [0.25, 0.3) is 10.9 Å². The topological polar surface area (TPSA) is 12.9 Å². The van der Waals surface area contributed by atoms with Crippen molar-refractivity contribution in [3.63, 3.8) is 0 Å². The Labute approximate surface area is 91.2 Å². The Hall–Kier alpha value is -1.37. The first kappa shape index (κ1) is 10.2. The molecule has 1 heterocycles. The highest BCUT2D eigenvalue weighted by Gasteiger charge is 2.04. The fraction of sp³-hybridized carbons (Fsp3) is 0.357. The summed E-state index contributed by atoms with van der Waals surface area (Å²) in [4.78, 5) is 4.33. The lowest BCUT2D eigenvalue weighted by atomic mass is 9.95. The highest BCUT2D eigenvalue weighted by Crippen LogP contribution is 2.23. The average Bonchev–Trinajstić information content (AvgIpc) is 2.29. The maximum absolute atomic E-state index is 4.33. The number of pyridine rings is 1. The molecular weight excluding hydrogens is 182 g/mol. The Morgan fingerprint density at radius 3 is 2.93 bits per heavy atom. The van der Waals surface area contributed by atoms with E-state index in [1.54, 1.807) is 0 Å². The molecule has 0 aliphatic carbocycles. The van der Waals surface area contributed by atoms with Crippen LogP contribution >= 0.6 is 0 Å². The second kappa shape index (κ2) is 4.43. The van der Waals surface area contributed by atoms with Crippen LogP contribution in [0.2, 0.25) is 0 Å². The van der Waals surface area contributed by atoms with Gasteiger partial charge in [0.1, 0.15) is 0 Å². The van der Waals surface area contributed by atoms with E-state index < -0.39 is 0 Å². The van der Waals surface area contributed by atoms with Crippen molar-refractivity contribution in [2.45, 2.75) is 32.6 Å². The van der Waals surface area contributed by atoms with E-state index in [4.69, 9.17) is 0 Å². The standard InChI is InChI=1S/C14H17N/c1-3-5-11(2)12-7-8-14-13(10-12)6-4-9-15-14/h4,6-11H,3,5H2,1-2H3. The van der Waals surface area contributed by atoms with Gasteiger partial charge in [0.25, 0.3) is 0 Å². The highest BCUT2D eigenvalue weighted by atomic mass is 14.6. The maximum atomic E-state index is 4.33. The number of nitrogens with zero attached hydrogens (tertiary/aromatic N) is 1. The first-order valence-corrected chi connectivity index (χ1v) is 5.66. The van der Waals surface area contributed by atoms with Crippen molar-refractivity contribution in [3.05, 3.63) is 42.1 Å². The lowest BCUT2D eigenvalue weighted by molar-refractivity contribution is 0.665. The van der Waals surface area contributed by atoms with Crippen molar-refractivity contribution < 1.29 is 0 Å². The van der Waals surface area contributed by atoms with E-state index in [1.807, 2.05) is 12.3 Å². The molecule has 1 aromatic carbocycles. The van der Waals surface area contributed by atoms with Crippen LogP contribution in [-0.2, 0) is 0 Å². The summed E-state index contributed by atoms with van der Waals surface area (Å²) in [5, 5.41) is 1.25. The maximum Gasteiger partial charge on any atom is 0.0702 e. The molecule has 1 unspecified atom stereocenters. The minimum atomic E-state index is 0.652. The molecule has 2 aromatic rings. The minimum Gasteiger partial charge on any atom is -0.256 e. The zero-order chi connectivity index (χ0) is 10.7. The van der Waals surface area contributed by atoms with Crippen LogP contribution in [0.5, 0.6) is 0 Å². The molecular formula is C14H17N. The number of aromatic nitrogens is 1. The van der Waals surface area contributed by atoms with Crippen molar-refractivity contribution in [2.24, 2.45) is 0 Å². The molecule has 1 aromatic heterocycles. The van der Waals surface area contributed by atoms with Gasteiger partial charge in [0, 0.05) is 11.6 Å². The second-order valence-electron chi connectivity index (χ2n) is 4.15. The summed E-state index contributed by atoms with van der Waals surface area (Å²) in [6.07, 6.45) is 4.34. The molecule has 0 fully saturated rings. The Morgan fingerprint density at radius 2 is 2.13 bits per heavy atom. The zero-order valence-electron chi connectivity index (χ0n) is 9.40. The molecule has 2 rings (SSSR count). The Morgan fingerprint density at radius 1 is 1.27 bits per heavy atom. The van der Waals surface area contributed by atoms with Gasteiger partial charge in [0.15, 0.2) is 0 Å². The van der Waals surface area contributed by atoms with Gasteiger partial charge in [-0.15, -0.1) is 0 Å². The molecule has 0 saturated heterocycles. The van der Waals surface area contributed by atoms with E-state index >= 15 is 0 Å². The molecule has 0 N–H and O–H groups in total. The molecule has 0 saturated carbocycles. The zero-order valence-corrected chi connectivity index (χ0v) is 9.40. The normalized spacial score (nSPS) is 12.9. The molecule has 15 heavy (non-hydrogen) atoms. The fourth-order valence-corrected chi connectivity index (χ4v) is 2.00. The monoisotopic (exact) mass is 199 g/mol. The van der Waals surface area contributed by atoms with E-state index in [1.165, 1.54) is 23.8 Å². The predicted molar refractivity (Wildman–Crippen MR) is 65.1 cm³/mol. The van der Waals surface area contributed by atoms with Gasteiger partial charge in [0.05, 0.1) is 5.52 Å². The van der Waals surface area contributed by atoms with E-state index in [9.17, 15) is 0 Å². The number of hydrogen-bond donors (Lipinski definition) is 0. The molecule has 0 spiro atoms. The third-order valence-electron chi connectivity index (χ3n) is 2.92. The predicted octanol–water partition coefficient (Wildman–Crippen LogP) is 4.14. The molecule has 1 atom stereocenters. The molecule has 0 amide bonds. The largest absolute Gasteiger partial charge is 0.256 e. The average molecular weight is 199 g/mol. The first-order valence-electron chi connectivity index (χ1n) is 5.66. The summed E-state index contributed by atoms with van der Waals surface area (Å²) in [5.41, 5.74) is 2.52. The Balaban J connectivity index is 2.38. The van der Waals surface area contributed by atoms with E-state index in [2.05, 4.69) is 43.1 Å². The molecule has 1 heteroatoms. The molecule has 1 nitrogen and oxygen atoms in total. The van der Waals surface area contributed by atoms with Gasteiger partial charge in [-0.1, -0.05) is 32.4 Å². The third kappa shape index (κ3) is 2.17. The van der Waals surface area contributed by atoms with E-state index in [0.29, 0.717) is 5.92 Å². The lowest BCUT2D eigenvalue weighted by Gasteiger charge is -2.10. The highest BCUT2D eigenvalue weighted by molar-refractivity contribution is 5.79. The van der Waals surface area contributed by atoms with Crippen molar-refractivity contribution in [3.8, 4) is 0 Å².